The van der Waals surface area contributed by atoms with Crippen molar-refractivity contribution < 1.29 is 9.59 Å². The Hall–Kier alpha value is -3.16. The topological polar surface area (TPSA) is 85.0 Å². The van der Waals surface area contributed by atoms with Gasteiger partial charge >= 0.3 is 0 Å². The summed E-state index contributed by atoms with van der Waals surface area (Å²) < 4.78 is 3.98. The molecule has 1 atom stereocenters. The van der Waals surface area contributed by atoms with Crippen LogP contribution < -0.4 is 5.32 Å². The number of imidazole rings is 1. The van der Waals surface area contributed by atoms with Crippen molar-refractivity contribution in [3.8, 4) is 0 Å². The Bertz CT molecular complexity index is 1090. The highest BCUT2D eigenvalue weighted by Gasteiger charge is 2.36. The van der Waals surface area contributed by atoms with E-state index >= 15 is 0 Å². The third-order valence-corrected chi connectivity index (χ3v) is 5.78. The number of carbonyl (C=O) groups is 2. The number of hydrogen-bond donors (Lipinski definition) is 1. The summed E-state index contributed by atoms with van der Waals surface area (Å²) in [6.07, 6.45) is 1.79. The minimum Gasteiger partial charge on any atom is -0.354 e. The maximum atomic E-state index is 12.8. The quantitative estimate of drug-likeness (QED) is 0.678. The van der Waals surface area contributed by atoms with Crippen LogP contribution in [0.2, 0.25) is 0 Å². The number of carbonyl (C=O) groups excluding carboxylic acids is 2. The lowest BCUT2D eigenvalue weighted by Gasteiger charge is -2.38. The molecule has 1 unspecified atom stereocenters. The van der Waals surface area contributed by atoms with Crippen LogP contribution in [-0.4, -0.2) is 55.7 Å². The largest absolute Gasteiger partial charge is 0.354 e. The van der Waals surface area contributed by atoms with Gasteiger partial charge in [-0.15, -0.1) is 0 Å². The number of nitrogens with zero attached hydrogens (tertiary/aromatic N) is 5. The second-order valence-electron chi connectivity index (χ2n) is 8.11. The monoisotopic (exact) mass is 408 g/mol. The normalized spacial score (nSPS) is 15.3. The van der Waals surface area contributed by atoms with E-state index in [1.165, 1.54) is 0 Å². The fourth-order valence-corrected chi connectivity index (χ4v) is 4.01. The summed E-state index contributed by atoms with van der Waals surface area (Å²) in [6, 6.07) is 7.70. The van der Waals surface area contributed by atoms with Gasteiger partial charge in [-0.1, -0.05) is 0 Å². The van der Waals surface area contributed by atoms with Crippen LogP contribution in [0.25, 0.3) is 11.0 Å². The Morgan fingerprint density at radius 2 is 2.00 bits per heavy atom. The number of aryl methyl sites for hydroxylation is 3. The lowest BCUT2D eigenvalue weighted by Crippen LogP contribution is -2.56. The first kappa shape index (κ1) is 20.1. The highest BCUT2D eigenvalue weighted by molar-refractivity contribution is 5.98. The van der Waals surface area contributed by atoms with E-state index in [9.17, 15) is 9.59 Å². The van der Waals surface area contributed by atoms with Gasteiger partial charge in [0.15, 0.2) is 0 Å². The number of fused-ring (bicyclic) bond motifs is 1. The van der Waals surface area contributed by atoms with Crippen LogP contribution in [0.5, 0.6) is 0 Å². The minimum absolute atomic E-state index is 0.00966. The van der Waals surface area contributed by atoms with Crippen molar-refractivity contribution >= 4 is 22.8 Å². The van der Waals surface area contributed by atoms with Gasteiger partial charge in [0.2, 0.25) is 5.91 Å². The predicted octanol–water partition coefficient (Wildman–Crippen LogP) is 2.32. The standard InChI is InChI=1S/C22H28N6O2/c1-5-26-13-24-19-9-17(6-7-20(19)26)22(30)27-11-18(12-27)21(29)23-10-16(4)28-15(3)8-14(2)25-28/h6-9,13,16,18H,5,10-12H2,1-4H3,(H,23,29). The van der Waals surface area contributed by atoms with E-state index in [4.69, 9.17) is 0 Å². The molecule has 1 aliphatic heterocycles. The van der Waals surface area contributed by atoms with Crippen LogP contribution in [0.4, 0.5) is 0 Å². The molecule has 3 aromatic rings. The Labute approximate surface area is 175 Å². The molecule has 30 heavy (non-hydrogen) atoms. The van der Waals surface area contributed by atoms with Crippen LogP contribution in [0.3, 0.4) is 0 Å². The van der Waals surface area contributed by atoms with Crippen molar-refractivity contribution in [2.45, 2.75) is 40.3 Å². The van der Waals surface area contributed by atoms with E-state index in [0.717, 1.165) is 29.0 Å². The molecule has 0 saturated carbocycles. The molecular formula is C22H28N6O2. The summed E-state index contributed by atoms with van der Waals surface area (Å²) in [5.41, 5.74) is 4.50. The van der Waals surface area contributed by atoms with Crippen molar-refractivity contribution in [3.63, 3.8) is 0 Å². The van der Waals surface area contributed by atoms with E-state index in [2.05, 4.69) is 22.3 Å². The van der Waals surface area contributed by atoms with Crippen molar-refractivity contribution in [1.29, 1.82) is 0 Å². The molecule has 2 amide bonds. The van der Waals surface area contributed by atoms with E-state index in [1.54, 1.807) is 11.2 Å². The zero-order valence-electron chi connectivity index (χ0n) is 17.9. The Balaban J connectivity index is 1.30. The average Bonchev–Trinajstić information content (AvgIpc) is 3.26. The molecule has 0 bridgehead atoms. The second kappa shape index (κ2) is 7.93. The molecule has 1 aliphatic rings. The molecule has 3 heterocycles. The lowest BCUT2D eigenvalue weighted by molar-refractivity contribution is -0.129. The molecule has 0 radical (unpaired) electrons. The molecule has 0 aliphatic carbocycles. The van der Waals surface area contributed by atoms with Gasteiger partial charge in [-0.25, -0.2) is 4.98 Å². The van der Waals surface area contributed by atoms with Crippen molar-refractivity contribution in [2.75, 3.05) is 19.6 Å². The number of nitrogens with one attached hydrogen (secondary N) is 1. The van der Waals surface area contributed by atoms with Gasteiger partial charge in [0.05, 0.1) is 35.0 Å². The minimum atomic E-state index is -0.162. The first-order valence-corrected chi connectivity index (χ1v) is 10.4. The molecule has 2 aromatic heterocycles. The molecule has 8 heteroatoms. The molecular weight excluding hydrogens is 380 g/mol. The third kappa shape index (κ3) is 3.69. The Morgan fingerprint density at radius 3 is 2.67 bits per heavy atom. The van der Waals surface area contributed by atoms with Crippen LogP contribution in [-0.2, 0) is 11.3 Å². The van der Waals surface area contributed by atoms with Gasteiger partial charge in [0.1, 0.15) is 0 Å². The number of hydrogen-bond acceptors (Lipinski definition) is 4. The first-order valence-electron chi connectivity index (χ1n) is 10.4. The molecule has 4 rings (SSSR count). The molecule has 1 saturated heterocycles. The zero-order valence-corrected chi connectivity index (χ0v) is 17.9. The molecule has 0 spiro atoms. The van der Waals surface area contributed by atoms with Crippen LogP contribution >= 0.6 is 0 Å². The van der Waals surface area contributed by atoms with Gasteiger partial charge in [0.25, 0.3) is 5.91 Å². The summed E-state index contributed by atoms with van der Waals surface area (Å²) in [5.74, 6) is -0.225. The maximum absolute atomic E-state index is 12.8. The van der Waals surface area contributed by atoms with E-state index in [-0.39, 0.29) is 23.8 Å². The summed E-state index contributed by atoms with van der Waals surface area (Å²) in [4.78, 5) is 31.3. The number of benzene rings is 1. The first-order chi connectivity index (χ1) is 14.4. The van der Waals surface area contributed by atoms with Crippen molar-refractivity contribution in [2.24, 2.45) is 5.92 Å². The van der Waals surface area contributed by atoms with Crippen LogP contribution in [0.1, 0.15) is 41.6 Å². The molecule has 158 valence electrons. The highest BCUT2D eigenvalue weighted by atomic mass is 16.2. The number of likely N-dealkylation sites (tertiary alicyclic amines) is 1. The maximum Gasteiger partial charge on any atom is 0.253 e. The zero-order chi connectivity index (χ0) is 21.4. The third-order valence-electron chi connectivity index (χ3n) is 5.78. The van der Waals surface area contributed by atoms with E-state index < -0.39 is 0 Å². The lowest BCUT2D eigenvalue weighted by atomic mass is 9.97. The highest BCUT2D eigenvalue weighted by Crippen LogP contribution is 2.22. The van der Waals surface area contributed by atoms with E-state index in [1.807, 2.05) is 54.3 Å². The number of rotatable bonds is 6. The van der Waals surface area contributed by atoms with Gasteiger partial charge in [-0.3, -0.25) is 14.3 Å². The molecule has 1 N–H and O–H groups in total. The Morgan fingerprint density at radius 1 is 1.23 bits per heavy atom. The number of amides is 2. The van der Waals surface area contributed by atoms with Crippen molar-refractivity contribution in [1.82, 2.24) is 29.5 Å². The van der Waals surface area contributed by atoms with Crippen LogP contribution in [0, 0.1) is 19.8 Å². The van der Waals surface area contributed by atoms with Gasteiger partial charge in [0, 0.05) is 37.4 Å². The summed E-state index contributed by atoms with van der Waals surface area (Å²) >= 11 is 0. The average molecular weight is 409 g/mol. The van der Waals surface area contributed by atoms with Crippen molar-refractivity contribution in [3.05, 3.63) is 47.5 Å². The molecule has 1 fully saturated rings. The number of aromatic nitrogens is 4. The SMILES string of the molecule is CCn1cnc2cc(C(=O)N3CC(C(=O)NCC(C)n4nc(C)cc4C)C3)ccc21. The van der Waals surface area contributed by atoms with E-state index in [0.29, 0.717) is 25.2 Å². The van der Waals surface area contributed by atoms with Crippen LogP contribution in [0.15, 0.2) is 30.6 Å². The smallest absolute Gasteiger partial charge is 0.253 e. The fraction of sp³-hybridized carbons (Fsp3) is 0.455. The van der Waals surface area contributed by atoms with Gasteiger partial charge < -0.3 is 14.8 Å². The predicted molar refractivity (Wildman–Crippen MR) is 114 cm³/mol. The molecule has 8 nitrogen and oxygen atoms in total. The van der Waals surface area contributed by atoms with Gasteiger partial charge in [-0.2, -0.15) is 5.10 Å². The van der Waals surface area contributed by atoms with Gasteiger partial charge in [-0.05, 0) is 52.0 Å². The summed E-state index contributed by atoms with van der Waals surface area (Å²) in [5, 5.41) is 7.47. The molecule has 1 aromatic carbocycles. The summed E-state index contributed by atoms with van der Waals surface area (Å²) in [6.45, 7) is 10.3. The summed E-state index contributed by atoms with van der Waals surface area (Å²) in [7, 11) is 0. The Kier molecular flexibility index (Phi) is 5.32. The second-order valence-corrected chi connectivity index (χ2v) is 8.11. The fourth-order valence-electron chi connectivity index (χ4n) is 4.01.